The fourth-order valence-corrected chi connectivity index (χ4v) is 5.47. The standard InChI is InChI=1S/C27H28ClN3O5S/c1-36-20-13-11-19(12-14-20)26(32)29-25(21-7-3-4-8-22(21)28)27(33)31-17-15-30(16-18-31)23-9-5-6-10-24(23)37(2,34)35/h3-14,25H,15-18H2,1-2H3,(H,29,32). The van der Waals surface area contributed by atoms with Gasteiger partial charge in [-0.1, -0.05) is 41.9 Å². The van der Waals surface area contributed by atoms with Crippen LogP contribution < -0.4 is 15.0 Å². The van der Waals surface area contributed by atoms with Crippen molar-refractivity contribution in [3.63, 3.8) is 0 Å². The fourth-order valence-electron chi connectivity index (χ4n) is 4.32. The maximum atomic E-state index is 13.7. The topological polar surface area (TPSA) is 96.0 Å². The van der Waals surface area contributed by atoms with Gasteiger partial charge in [0.15, 0.2) is 9.84 Å². The van der Waals surface area contributed by atoms with Crippen LogP contribution in [0.5, 0.6) is 5.75 Å². The van der Waals surface area contributed by atoms with Crippen molar-refractivity contribution in [2.75, 3.05) is 44.4 Å². The highest BCUT2D eigenvalue weighted by Gasteiger charge is 2.32. The lowest BCUT2D eigenvalue weighted by Crippen LogP contribution is -2.52. The summed E-state index contributed by atoms with van der Waals surface area (Å²) < 4.78 is 29.7. The first kappa shape index (κ1) is 26.5. The van der Waals surface area contributed by atoms with E-state index in [1.54, 1.807) is 84.8 Å². The van der Waals surface area contributed by atoms with E-state index >= 15 is 0 Å². The van der Waals surface area contributed by atoms with Gasteiger partial charge in [0.1, 0.15) is 11.8 Å². The average molecular weight is 542 g/mol. The lowest BCUT2D eigenvalue weighted by Gasteiger charge is -2.38. The minimum Gasteiger partial charge on any atom is -0.497 e. The predicted octanol–water partition coefficient (Wildman–Crippen LogP) is 3.57. The van der Waals surface area contributed by atoms with Crippen molar-refractivity contribution in [1.29, 1.82) is 0 Å². The summed E-state index contributed by atoms with van der Waals surface area (Å²) in [7, 11) is -1.86. The second kappa shape index (κ2) is 11.2. The first-order valence-corrected chi connectivity index (χ1v) is 14.0. The third-order valence-corrected chi connectivity index (χ3v) is 7.78. The third-order valence-electron chi connectivity index (χ3n) is 6.29. The Labute approximate surface area is 221 Å². The highest BCUT2D eigenvalue weighted by molar-refractivity contribution is 7.90. The van der Waals surface area contributed by atoms with Crippen molar-refractivity contribution in [1.82, 2.24) is 10.2 Å². The van der Waals surface area contributed by atoms with E-state index in [0.29, 0.717) is 53.8 Å². The number of nitrogens with zero attached hydrogens (tertiary/aromatic N) is 2. The van der Waals surface area contributed by atoms with Gasteiger partial charge in [0, 0.05) is 48.6 Å². The Balaban J connectivity index is 1.54. The molecule has 194 valence electrons. The lowest BCUT2D eigenvalue weighted by molar-refractivity contribution is -0.133. The quantitative estimate of drug-likeness (QED) is 0.491. The molecular formula is C27H28ClN3O5S. The number of amides is 2. The van der Waals surface area contributed by atoms with Crippen molar-refractivity contribution in [3.8, 4) is 5.75 Å². The zero-order valence-corrected chi connectivity index (χ0v) is 22.1. The Morgan fingerprint density at radius 3 is 2.16 bits per heavy atom. The highest BCUT2D eigenvalue weighted by Crippen LogP contribution is 2.28. The summed E-state index contributed by atoms with van der Waals surface area (Å²) in [5.74, 6) is -0.0850. The Morgan fingerprint density at radius 1 is 0.919 bits per heavy atom. The molecule has 0 radical (unpaired) electrons. The first-order chi connectivity index (χ1) is 17.7. The maximum Gasteiger partial charge on any atom is 0.252 e. The molecule has 0 aromatic heterocycles. The molecule has 1 aliphatic heterocycles. The number of anilines is 1. The van der Waals surface area contributed by atoms with Crippen molar-refractivity contribution < 1.29 is 22.7 Å². The SMILES string of the molecule is COc1ccc(C(=O)NC(C(=O)N2CCN(c3ccccc3S(C)(=O)=O)CC2)c2ccccc2Cl)cc1. The number of methoxy groups -OCH3 is 1. The van der Waals surface area contributed by atoms with Crippen LogP contribution in [0, 0.1) is 0 Å². The number of halogens is 1. The Hall–Kier alpha value is -3.56. The molecule has 8 nitrogen and oxygen atoms in total. The summed E-state index contributed by atoms with van der Waals surface area (Å²) in [6.07, 6.45) is 1.19. The van der Waals surface area contributed by atoms with Gasteiger partial charge in [-0.25, -0.2) is 8.42 Å². The average Bonchev–Trinajstić information content (AvgIpc) is 2.91. The van der Waals surface area contributed by atoms with Gasteiger partial charge in [-0.05, 0) is 42.5 Å². The van der Waals surface area contributed by atoms with Crippen molar-refractivity contribution in [2.45, 2.75) is 10.9 Å². The molecule has 1 atom stereocenters. The number of carbonyl (C=O) groups is 2. The summed E-state index contributed by atoms with van der Waals surface area (Å²) in [6, 6.07) is 19.4. The largest absolute Gasteiger partial charge is 0.497 e. The van der Waals surface area contributed by atoms with Crippen LogP contribution in [0.2, 0.25) is 5.02 Å². The molecule has 37 heavy (non-hydrogen) atoms. The molecule has 1 heterocycles. The van der Waals surface area contributed by atoms with Crippen LogP contribution in [0.3, 0.4) is 0 Å². The van der Waals surface area contributed by atoms with Crippen LogP contribution >= 0.6 is 11.6 Å². The molecule has 0 saturated carbocycles. The van der Waals surface area contributed by atoms with Crippen LogP contribution in [0.1, 0.15) is 22.0 Å². The van der Waals surface area contributed by atoms with E-state index in [4.69, 9.17) is 16.3 Å². The molecule has 0 spiro atoms. The van der Waals surface area contributed by atoms with Crippen LogP contribution in [-0.2, 0) is 14.6 Å². The van der Waals surface area contributed by atoms with E-state index < -0.39 is 21.8 Å². The molecule has 10 heteroatoms. The molecule has 1 unspecified atom stereocenters. The Kier molecular flexibility index (Phi) is 8.04. The zero-order chi connectivity index (χ0) is 26.6. The normalized spacial score (nSPS) is 14.7. The second-order valence-corrected chi connectivity index (χ2v) is 11.1. The molecule has 4 rings (SSSR count). The summed E-state index contributed by atoms with van der Waals surface area (Å²) in [6.45, 7) is 1.60. The molecule has 0 aliphatic carbocycles. The number of hydrogen-bond acceptors (Lipinski definition) is 6. The molecule has 0 bridgehead atoms. The van der Waals surface area contributed by atoms with Gasteiger partial charge in [-0.2, -0.15) is 0 Å². The minimum atomic E-state index is -3.40. The Morgan fingerprint density at radius 2 is 1.54 bits per heavy atom. The first-order valence-electron chi connectivity index (χ1n) is 11.7. The number of ether oxygens (including phenoxy) is 1. The molecule has 1 aliphatic rings. The number of sulfone groups is 1. The fraction of sp³-hybridized carbons (Fsp3) is 0.259. The molecule has 1 saturated heterocycles. The van der Waals surface area contributed by atoms with Crippen molar-refractivity contribution in [3.05, 3.63) is 88.9 Å². The van der Waals surface area contributed by atoms with Gasteiger partial charge in [-0.15, -0.1) is 0 Å². The monoisotopic (exact) mass is 541 g/mol. The predicted molar refractivity (Wildman–Crippen MR) is 143 cm³/mol. The number of rotatable bonds is 7. The Bertz CT molecular complexity index is 1390. The number of piperazine rings is 1. The number of para-hydroxylation sites is 1. The van der Waals surface area contributed by atoms with Gasteiger partial charge >= 0.3 is 0 Å². The third kappa shape index (κ3) is 6.06. The van der Waals surface area contributed by atoms with Crippen LogP contribution in [-0.4, -0.2) is 64.7 Å². The summed E-state index contributed by atoms with van der Waals surface area (Å²) in [5.41, 5.74) is 1.50. The van der Waals surface area contributed by atoms with E-state index in [2.05, 4.69) is 5.32 Å². The van der Waals surface area contributed by atoms with Gasteiger partial charge in [0.2, 0.25) is 5.91 Å². The number of benzene rings is 3. The number of carbonyl (C=O) groups excluding carboxylic acids is 2. The summed E-state index contributed by atoms with van der Waals surface area (Å²) >= 11 is 6.43. The summed E-state index contributed by atoms with van der Waals surface area (Å²) in [4.78, 5) is 30.7. The van der Waals surface area contributed by atoms with Gasteiger partial charge < -0.3 is 19.9 Å². The molecule has 2 amide bonds. The number of hydrogen-bond donors (Lipinski definition) is 1. The van der Waals surface area contributed by atoms with E-state index in [-0.39, 0.29) is 10.8 Å². The van der Waals surface area contributed by atoms with Crippen LogP contribution in [0.25, 0.3) is 0 Å². The van der Waals surface area contributed by atoms with Gasteiger partial charge in [0.25, 0.3) is 5.91 Å². The van der Waals surface area contributed by atoms with E-state index in [1.165, 1.54) is 6.26 Å². The lowest BCUT2D eigenvalue weighted by atomic mass is 10.0. The van der Waals surface area contributed by atoms with Gasteiger partial charge in [-0.3, -0.25) is 9.59 Å². The second-order valence-electron chi connectivity index (χ2n) is 8.71. The molecule has 3 aromatic carbocycles. The molecule has 3 aromatic rings. The zero-order valence-electron chi connectivity index (χ0n) is 20.6. The van der Waals surface area contributed by atoms with Crippen LogP contribution in [0.4, 0.5) is 5.69 Å². The smallest absolute Gasteiger partial charge is 0.252 e. The van der Waals surface area contributed by atoms with Crippen molar-refractivity contribution >= 4 is 38.9 Å². The van der Waals surface area contributed by atoms with Crippen LogP contribution in [0.15, 0.2) is 77.7 Å². The molecule has 1 N–H and O–H groups in total. The van der Waals surface area contributed by atoms with E-state index in [9.17, 15) is 18.0 Å². The minimum absolute atomic E-state index is 0.260. The van der Waals surface area contributed by atoms with E-state index in [1.807, 2.05) is 4.90 Å². The molecular weight excluding hydrogens is 514 g/mol. The number of nitrogens with one attached hydrogen (secondary N) is 1. The van der Waals surface area contributed by atoms with Gasteiger partial charge in [0.05, 0.1) is 17.7 Å². The molecule has 1 fully saturated rings. The highest BCUT2D eigenvalue weighted by atomic mass is 35.5. The van der Waals surface area contributed by atoms with E-state index in [0.717, 1.165) is 0 Å². The van der Waals surface area contributed by atoms with Crippen molar-refractivity contribution in [2.24, 2.45) is 0 Å². The summed E-state index contributed by atoms with van der Waals surface area (Å²) in [5, 5.41) is 3.22. The maximum absolute atomic E-state index is 13.7.